The summed E-state index contributed by atoms with van der Waals surface area (Å²) < 4.78 is 0. The lowest BCUT2D eigenvalue weighted by molar-refractivity contribution is -0.131. The number of rotatable bonds is 4. The summed E-state index contributed by atoms with van der Waals surface area (Å²) >= 11 is 0. The maximum Gasteiger partial charge on any atom is 0.328 e. The normalized spacial score (nSPS) is 12.4. The van der Waals surface area contributed by atoms with E-state index in [1.165, 1.54) is 5.56 Å². The Hall–Kier alpha value is -2.10. The van der Waals surface area contributed by atoms with Gasteiger partial charge in [0.25, 0.3) is 0 Å². The summed E-state index contributed by atoms with van der Waals surface area (Å²) in [6.07, 6.45) is 1.84. The van der Waals surface area contributed by atoms with E-state index in [0.29, 0.717) is 0 Å². The summed E-state index contributed by atoms with van der Waals surface area (Å²) in [7, 11) is 0. The summed E-state index contributed by atoms with van der Waals surface area (Å²) in [6.45, 7) is 5.86. The molecule has 0 aliphatic rings. The van der Waals surface area contributed by atoms with Crippen LogP contribution in [-0.2, 0) is 9.59 Å². The second-order valence-corrected chi connectivity index (χ2v) is 4.26. The van der Waals surface area contributed by atoms with E-state index in [1.807, 2.05) is 39.0 Å². The Morgan fingerprint density at radius 1 is 1.28 bits per heavy atom. The van der Waals surface area contributed by atoms with Crippen molar-refractivity contribution in [3.05, 3.63) is 47.0 Å². The Labute approximate surface area is 106 Å². The number of aliphatic carboxylic acids is 1. The molecule has 1 aromatic carbocycles. The molecule has 0 saturated heterocycles. The molecule has 0 aromatic heterocycles. The minimum Gasteiger partial charge on any atom is -0.478 e. The molecule has 0 spiro atoms. The quantitative estimate of drug-likeness (QED) is 0.801. The molecule has 0 fully saturated rings. The van der Waals surface area contributed by atoms with E-state index in [2.05, 4.69) is 5.32 Å². The molecule has 4 heteroatoms. The molecular weight excluding hydrogens is 230 g/mol. The van der Waals surface area contributed by atoms with Gasteiger partial charge in [-0.2, -0.15) is 0 Å². The third-order valence-electron chi connectivity index (χ3n) is 2.63. The highest BCUT2D eigenvalue weighted by molar-refractivity contribution is 5.94. The Morgan fingerprint density at radius 2 is 1.94 bits per heavy atom. The molecular formula is C14H17NO3. The molecule has 2 N–H and O–H groups in total. The number of carbonyl (C=O) groups excluding carboxylic acids is 1. The molecule has 96 valence electrons. The van der Waals surface area contributed by atoms with Crippen LogP contribution in [0.3, 0.4) is 0 Å². The molecule has 0 saturated carbocycles. The Bertz CT molecular complexity index is 492. The number of hydrogen-bond acceptors (Lipinski definition) is 2. The van der Waals surface area contributed by atoms with E-state index in [9.17, 15) is 9.59 Å². The fourth-order valence-electron chi connectivity index (χ4n) is 1.80. The average molecular weight is 247 g/mol. The standard InChI is InChI=1S/C14H17NO3/c1-9-4-5-12(10(2)8-9)11(3)15-13(16)6-7-14(17)18/h4-8,11H,1-3H3,(H,15,16)(H,17,18)/b7-6+. The first kappa shape index (κ1) is 14.0. The fraction of sp³-hybridized carbons (Fsp3) is 0.286. The van der Waals surface area contributed by atoms with Crippen molar-refractivity contribution in [2.75, 3.05) is 0 Å². The summed E-state index contributed by atoms with van der Waals surface area (Å²) in [5, 5.41) is 11.1. The minimum absolute atomic E-state index is 0.156. The Morgan fingerprint density at radius 3 is 2.50 bits per heavy atom. The molecule has 18 heavy (non-hydrogen) atoms. The van der Waals surface area contributed by atoms with E-state index in [0.717, 1.165) is 23.3 Å². The van der Waals surface area contributed by atoms with Gasteiger partial charge in [-0.05, 0) is 31.9 Å². The molecule has 1 unspecified atom stereocenters. The van der Waals surface area contributed by atoms with Crippen LogP contribution in [0.15, 0.2) is 30.4 Å². The summed E-state index contributed by atoms with van der Waals surface area (Å²) in [4.78, 5) is 21.7. The van der Waals surface area contributed by atoms with Gasteiger partial charge in [-0.1, -0.05) is 23.8 Å². The van der Waals surface area contributed by atoms with Crippen LogP contribution >= 0.6 is 0 Å². The van der Waals surface area contributed by atoms with E-state index >= 15 is 0 Å². The second-order valence-electron chi connectivity index (χ2n) is 4.26. The lowest BCUT2D eigenvalue weighted by Crippen LogP contribution is -2.25. The zero-order chi connectivity index (χ0) is 13.7. The number of benzene rings is 1. The first-order chi connectivity index (χ1) is 8.40. The average Bonchev–Trinajstić information content (AvgIpc) is 2.26. The number of amides is 1. The van der Waals surface area contributed by atoms with Crippen LogP contribution in [0.2, 0.25) is 0 Å². The van der Waals surface area contributed by atoms with E-state index < -0.39 is 11.9 Å². The van der Waals surface area contributed by atoms with Gasteiger partial charge in [0, 0.05) is 12.2 Å². The van der Waals surface area contributed by atoms with Gasteiger partial charge in [0.2, 0.25) is 5.91 Å². The zero-order valence-corrected chi connectivity index (χ0v) is 10.7. The first-order valence-corrected chi connectivity index (χ1v) is 5.69. The molecule has 0 aliphatic carbocycles. The number of carboxylic acids is 1. The maximum absolute atomic E-state index is 11.4. The van der Waals surface area contributed by atoms with Crippen molar-refractivity contribution in [3.8, 4) is 0 Å². The number of nitrogens with one attached hydrogen (secondary N) is 1. The summed E-state index contributed by atoms with van der Waals surface area (Å²) in [6, 6.07) is 5.84. The third-order valence-corrected chi connectivity index (χ3v) is 2.63. The van der Waals surface area contributed by atoms with Crippen molar-refractivity contribution >= 4 is 11.9 Å². The highest BCUT2D eigenvalue weighted by atomic mass is 16.4. The van der Waals surface area contributed by atoms with E-state index in [-0.39, 0.29) is 6.04 Å². The second kappa shape index (κ2) is 6.00. The lowest BCUT2D eigenvalue weighted by Gasteiger charge is -2.16. The van der Waals surface area contributed by atoms with Crippen molar-refractivity contribution in [3.63, 3.8) is 0 Å². The van der Waals surface area contributed by atoms with Crippen molar-refractivity contribution in [2.24, 2.45) is 0 Å². The van der Waals surface area contributed by atoms with Crippen molar-refractivity contribution in [1.29, 1.82) is 0 Å². The van der Waals surface area contributed by atoms with Crippen LogP contribution in [0.4, 0.5) is 0 Å². The van der Waals surface area contributed by atoms with Gasteiger partial charge in [0.15, 0.2) is 0 Å². The SMILES string of the molecule is Cc1ccc(C(C)NC(=O)/C=C/C(=O)O)c(C)c1. The van der Waals surface area contributed by atoms with Gasteiger partial charge in [-0.3, -0.25) is 4.79 Å². The number of carboxylic acid groups (broad SMARTS) is 1. The monoisotopic (exact) mass is 247 g/mol. The fourth-order valence-corrected chi connectivity index (χ4v) is 1.80. The molecule has 0 aliphatic heterocycles. The number of hydrogen-bond donors (Lipinski definition) is 2. The van der Waals surface area contributed by atoms with Gasteiger partial charge in [0.1, 0.15) is 0 Å². The van der Waals surface area contributed by atoms with Crippen molar-refractivity contribution < 1.29 is 14.7 Å². The highest BCUT2D eigenvalue weighted by Gasteiger charge is 2.10. The number of carbonyl (C=O) groups is 2. The van der Waals surface area contributed by atoms with Gasteiger partial charge in [-0.25, -0.2) is 4.79 Å². The predicted octanol–water partition coefficient (Wildman–Crippen LogP) is 2.12. The molecule has 1 amide bonds. The van der Waals surface area contributed by atoms with E-state index in [4.69, 9.17) is 5.11 Å². The molecule has 0 heterocycles. The first-order valence-electron chi connectivity index (χ1n) is 5.69. The molecule has 1 atom stereocenters. The lowest BCUT2D eigenvalue weighted by atomic mass is 10.0. The topological polar surface area (TPSA) is 66.4 Å². The third kappa shape index (κ3) is 4.05. The van der Waals surface area contributed by atoms with Gasteiger partial charge >= 0.3 is 5.97 Å². The van der Waals surface area contributed by atoms with Crippen LogP contribution in [0.5, 0.6) is 0 Å². The summed E-state index contributed by atoms with van der Waals surface area (Å²) in [5.41, 5.74) is 3.29. The van der Waals surface area contributed by atoms with E-state index in [1.54, 1.807) is 0 Å². The van der Waals surface area contributed by atoms with Crippen molar-refractivity contribution in [1.82, 2.24) is 5.32 Å². The molecule has 1 rings (SSSR count). The zero-order valence-electron chi connectivity index (χ0n) is 10.7. The van der Waals surface area contributed by atoms with Crippen molar-refractivity contribution in [2.45, 2.75) is 26.8 Å². The predicted molar refractivity (Wildman–Crippen MR) is 69.2 cm³/mol. The van der Waals surface area contributed by atoms with Gasteiger partial charge < -0.3 is 10.4 Å². The smallest absolute Gasteiger partial charge is 0.328 e. The Balaban J connectivity index is 2.73. The Kier molecular flexibility index (Phi) is 4.66. The molecule has 4 nitrogen and oxygen atoms in total. The van der Waals surface area contributed by atoms with Crippen LogP contribution in [-0.4, -0.2) is 17.0 Å². The summed E-state index contributed by atoms with van der Waals surface area (Å²) in [5.74, 6) is -1.55. The van der Waals surface area contributed by atoms with Gasteiger partial charge in [-0.15, -0.1) is 0 Å². The van der Waals surface area contributed by atoms with Crippen LogP contribution in [0.25, 0.3) is 0 Å². The minimum atomic E-state index is -1.13. The van der Waals surface area contributed by atoms with Crippen LogP contribution < -0.4 is 5.32 Å². The van der Waals surface area contributed by atoms with Crippen LogP contribution in [0, 0.1) is 13.8 Å². The maximum atomic E-state index is 11.4. The largest absolute Gasteiger partial charge is 0.478 e. The number of aryl methyl sites for hydroxylation is 2. The van der Waals surface area contributed by atoms with Crippen LogP contribution in [0.1, 0.15) is 29.7 Å². The molecule has 1 aromatic rings. The highest BCUT2D eigenvalue weighted by Crippen LogP contribution is 2.18. The molecule has 0 radical (unpaired) electrons. The molecule has 0 bridgehead atoms. The van der Waals surface area contributed by atoms with Gasteiger partial charge in [0.05, 0.1) is 6.04 Å².